The van der Waals surface area contributed by atoms with Gasteiger partial charge in [-0.25, -0.2) is 4.98 Å². The lowest BCUT2D eigenvalue weighted by Crippen LogP contribution is -2.39. The van der Waals surface area contributed by atoms with Crippen LogP contribution in [-0.4, -0.2) is 47.9 Å². The predicted molar refractivity (Wildman–Crippen MR) is 82.8 cm³/mol. The van der Waals surface area contributed by atoms with Gasteiger partial charge in [-0.2, -0.15) is 0 Å². The van der Waals surface area contributed by atoms with Crippen LogP contribution in [-0.2, 0) is 17.8 Å². The van der Waals surface area contributed by atoms with Gasteiger partial charge in [-0.3, -0.25) is 9.69 Å². The molecule has 20 heavy (non-hydrogen) atoms. The molecule has 0 saturated carbocycles. The third-order valence-electron chi connectivity index (χ3n) is 3.83. The monoisotopic (exact) mass is 295 g/mol. The summed E-state index contributed by atoms with van der Waals surface area (Å²) in [6, 6.07) is 0. The number of piperidine rings is 1. The molecule has 0 bridgehead atoms. The van der Waals surface area contributed by atoms with Gasteiger partial charge in [0.25, 0.3) is 0 Å². The van der Waals surface area contributed by atoms with E-state index in [0.29, 0.717) is 0 Å². The molecule has 1 saturated heterocycles. The number of carbonyl (C=O) groups is 1. The zero-order chi connectivity index (χ0) is 14.5. The molecule has 1 aromatic rings. The molecule has 0 aromatic carbocycles. The normalized spacial score (nSPS) is 17.4. The number of amides is 1. The molecule has 4 nitrogen and oxygen atoms in total. The van der Waals surface area contributed by atoms with Gasteiger partial charge in [-0.1, -0.05) is 6.92 Å². The van der Waals surface area contributed by atoms with Crippen LogP contribution in [0.1, 0.15) is 36.9 Å². The van der Waals surface area contributed by atoms with Gasteiger partial charge in [-0.15, -0.1) is 11.3 Å². The molecule has 5 heteroatoms. The lowest BCUT2D eigenvalue weighted by Gasteiger charge is -2.31. The van der Waals surface area contributed by atoms with E-state index in [-0.39, 0.29) is 11.8 Å². The molecule has 0 aliphatic carbocycles. The molecule has 112 valence electrons. The number of aromatic nitrogens is 1. The molecule has 0 N–H and O–H groups in total. The van der Waals surface area contributed by atoms with Crippen LogP contribution >= 0.6 is 11.3 Å². The Labute approximate surface area is 125 Å². The summed E-state index contributed by atoms with van der Waals surface area (Å²) in [7, 11) is 3.69. The molecule has 1 aliphatic rings. The fraction of sp³-hybridized carbons (Fsp3) is 0.733. The Balaban J connectivity index is 1.80. The topological polar surface area (TPSA) is 36.4 Å². The maximum absolute atomic E-state index is 11.9. The van der Waals surface area contributed by atoms with E-state index in [9.17, 15) is 4.79 Å². The Hall–Kier alpha value is -0.940. The van der Waals surface area contributed by atoms with E-state index >= 15 is 0 Å². The minimum atomic E-state index is 0.215. The van der Waals surface area contributed by atoms with Crippen molar-refractivity contribution in [2.24, 2.45) is 5.92 Å². The summed E-state index contributed by atoms with van der Waals surface area (Å²) < 4.78 is 0. The van der Waals surface area contributed by atoms with E-state index in [1.807, 2.05) is 14.1 Å². The van der Waals surface area contributed by atoms with Crippen LogP contribution in [0.25, 0.3) is 0 Å². The number of likely N-dealkylation sites (tertiary alicyclic amines) is 1. The summed E-state index contributed by atoms with van der Waals surface area (Å²) in [6.45, 7) is 5.13. The molecule has 1 aromatic heterocycles. The van der Waals surface area contributed by atoms with Crippen LogP contribution in [0.15, 0.2) is 5.38 Å². The van der Waals surface area contributed by atoms with Gasteiger partial charge >= 0.3 is 0 Å². The quantitative estimate of drug-likeness (QED) is 0.837. The Morgan fingerprint density at radius 1 is 1.45 bits per heavy atom. The van der Waals surface area contributed by atoms with E-state index in [0.717, 1.165) is 45.3 Å². The van der Waals surface area contributed by atoms with Crippen molar-refractivity contribution >= 4 is 17.2 Å². The van der Waals surface area contributed by atoms with Crippen LogP contribution in [0, 0.1) is 5.92 Å². The van der Waals surface area contributed by atoms with E-state index in [1.54, 1.807) is 16.2 Å². The summed E-state index contributed by atoms with van der Waals surface area (Å²) in [5.74, 6) is 0.496. The standard InChI is InChI=1S/C15H25N3OS/c1-4-5-14-16-13(11-20-14)10-18-8-6-12(7-9-18)15(19)17(2)3/h11-12H,4-10H2,1-3H3. The lowest BCUT2D eigenvalue weighted by atomic mass is 9.95. The zero-order valence-electron chi connectivity index (χ0n) is 12.8. The average molecular weight is 295 g/mol. The van der Waals surface area contributed by atoms with Gasteiger partial charge in [0.1, 0.15) is 0 Å². The van der Waals surface area contributed by atoms with Crippen molar-refractivity contribution in [2.75, 3.05) is 27.2 Å². The molecule has 1 amide bonds. The molecule has 0 radical (unpaired) electrons. The third kappa shape index (κ3) is 4.03. The van der Waals surface area contributed by atoms with Gasteiger partial charge in [0.15, 0.2) is 0 Å². The summed E-state index contributed by atoms with van der Waals surface area (Å²) in [4.78, 5) is 20.8. The van der Waals surface area contributed by atoms with Gasteiger partial charge < -0.3 is 4.90 Å². The first kappa shape index (κ1) is 15.4. The van der Waals surface area contributed by atoms with Gasteiger partial charge in [0.05, 0.1) is 10.7 Å². The minimum Gasteiger partial charge on any atom is -0.349 e. The molecule has 0 unspecified atom stereocenters. The van der Waals surface area contributed by atoms with Crippen molar-refractivity contribution in [3.8, 4) is 0 Å². The van der Waals surface area contributed by atoms with Gasteiger partial charge in [0.2, 0.25) is 5.91 Å². The second-order valence-corrected chi connectivity index (χ2v) is 6.71. The van der Waals surface area contributed by atoms with E-state index in [4.69, 9.17) is 0 Å². The van der Waals surface area contributed by atoms with Crippen molar-refractivity contribution in [3.05, 3.63) is 16.1 Å². The van der Waals surface area contributed by atoms with E-state index in [1.165, 1.54) is 10.7 Å². The van der Waals surface area contributed by atoms with E-state index in [2.05, 4.69) is 22.2 Å². The highest BCUT2D eigenvalue weighted by Gasteiger charge is 2.26. The Morgan fingerprint density at radius 3 is 2.75 bits per heavy atom. The average Bonchev–Trinajstić information content (AvgIpc) is 2.86. The van der Waals surface area contributed by atoms with Crippen LogP contribution in [0.2, 0.25) is 0 Å². The molecule has 0 atom stereocenters. The van der Waals surface area contributed by atoms with Crippen molar-refractivity contribution in [1.82, 2.24) is 14.8 Å². The van der Waals surface area contributed by atoms with Crippen molar-refractivity contribution in [2.45, 2.75) is 39.2 Å². The fourth-order valence-corrected chi connectivity index (χ4v) is 3.57. The molecule has 1 aliphatic heterocycles. The molecule has 0 spiro atoms. The molecule has 1 fully saturated rings. The lowest BCUT2D eigenvalue weighted by molar-refractivity contribution is -0.134. The molecular weight excluding hydrogens is 270 g/mol. The summed E-state index contributed by atoms with van der Waals surface area (Å²) in [6.07, 6.45) is 4.20. The molecule has 2 heterocycles. The summed E-state index contributed by atoms with van der Waals surface area (Å²) in [5, 5.41) is 3.43. The number of nitrogens with zero attached hydrogens (tertiary/aromatic N) is 3. The predicted octanol–water partition coefficient (Wildman–Crippen LogP) is 2.40. The highest BCUT2D eigenvalue weighted by molar-refractivity contribution is 7.09. The smallest absolute Gasteiger partial charge is 0.225 e. The SMILES string of the molecule is CCCc1nc(CN2CCC(C(=O)N(C)C)CC2)cs1. The molecule has 2 rings (SSSR count). The van der Waals surface area contributed by atoms with Crippen LogP contribution in [0.5, 0.6) is 0 Å². The summed E-state index contributed by atoms with van der Waals surface area (Å²) >= 11 is 1.77. The maximum atomic E-state index is 11.9. The molecular formula is C15H25N3OS. The van der Waals surface area contributed by atoms with Crippen molar-refractivity contribution in [3.63, 3.8) is 0 Å². The number of aryl methyl sites for hydroxylation is 1. The Kier molecular flexibility index (Phi) is 5.54. The largest absolute Gasteiger partial charge is 0.349 e. The highest BCUT2D eigenvalue weighted by Crippen LogP contribution is 2.21. The second-order valence-electron chi connectivity index (χ2n) is 5.77. The Bertz CT molecular complexity index is 436. The van der Waals surface area contributed by atoms with E-state index < -0.39 is 0 Å². The zero-order valence-corrected chi connectivity index (χ0v) is 13.6. The number of hydrogen-bond acceptors (Lipinski definition) is 4. The third-order valence-corrected chi connectivity index (χ3v) is 4.78. The van der Waals surface area contributed by atoms with Crippen molar-refractivity contribution in [1.29, 1.82) is 0 Å². The fourth-order valence-electron chi connectivity index (χ4n) is 2.68. The van der Waals surface area contributed by atoms with Crippen LogP contribution in [0.4, 0.5) is 0 Å². The number of rotatable bonds is 5. The van der Waals surface area contributed by atoms with Crippen LogP contribution < -0.4 is 0 Å². The van der Waals surface area contributed by atoms with Crippen molar-refractivity contribution < 1.29 is 4.79 Å². The Morgan fingerprint density at radius 2 is 2.15 bits per heavy atom. The first-order chi connectivity index (χ1) is 9.60. The number of thiazole rings is 1. The summed E-state index contributed by atoms with van der Waals surface area (Å²) in [5.41, 5.74) is 1.19. The van der Waals surface area contributed by atoms with Gasteiger partial charge in [0, 0.05) is 31.9 Å². The first-order valence-corrected chi connectivity index (χ1v) is 8.35. The number of carbonyl (C=O) groups excluding carboxylic acids is 1. The maximum Gasteiger partial charge on any atom is 0.225 e. The minimum absolute atomic E-state index is 0.215. The second kappa shape index (κ2) is 7.18. The highest BCUT2D eigenvalue weighted by atomic mass is 32.1. The van der Waals surface area contributed by atoms with Gasteiger partial charge in [-0.05, 0) is 38.8 Å². The van der Waals surface area contributed by atoms with Crippen LogP contribution in [0.3, 0.4) is 0 Å². The number of hydrogen-bond donors (Lipinski definition) is 0. The first-order valence-electron chi connectivity index (χ1n) is 7.47.